The number of ether oxygens (including phenoxy) is 1. The molecule has 0 aliphatic rings. The highest BCUT2D eigenvalue weighted by atomic mass is 16.6. The van der Waals surface area contributed by atoms with Crippen molar-refractivity contribution in [2.45, 2.75) is 142 Å². The fourth-order valence-electron chi connectivity index (χ4n) is 4.54. The van der Waals surface area contributed by atoms with Gasteiger partial charge in [-0.1, -0.05) is 76.3 Å². The van der Waals surface area contributed by atoms with E-state index in [4.69, 9.17) is 9.84 Å². The van der Waals surface area contributed by atoms with Crippen LogP contribution in [0.1, 0.15) is 139 Å². The zero-order chi connectivity index (χ0) is 32.1. The Kier molecular flexibility index (Phi) is 18.6. The highest BCUT2D eigenvalue weighted by molar-refractivity contribution is 5.96. The summed E-state index contributed by atoms with van der Waals surface area (Å²) < 4.78 is 5.32. The van der Waals surface area contributed by atoms with Gasteiger partial charge in [0.05, 0.1) is 0 Å². The number of unbranched alkanes of at least 4 members (excludes halogenated alkanes) is 11. The smallest absolute Gasteiger partial charge is 0.326 e. The van der Waals surface area contributed by atoms with Gasteiger partial charge in [-0.3, -0.25) is 19.2 Å². The fourth-order valence-corrected chi connectivity index (χ4v) is 4.54. The fraction of sp³-hybridized carbons (Fsp3) is 0.667. The summed E-state index contributed by atoms with van der Waals surface area (Å²) in [7, 11) is 0. The van der Waals surface area contributed by atoms with Gasteiger partial charge in [0.25, 0.3) is 5.91 Å². The predicted octanol–water partition coefficient (Wildman–Crippen LogP) is 6.15. The zero-order valence-corrected chi connectivity index (χ0v) is 26.3. The van der Waals surface area contributed by atoms with E-state index in [-0.39, 0.29) is 30.3 Å². The summed E-state index contributed by atoms with van der Waals surface area (Å²) in [5.41, 5.74) is 0.663. The summed E-state index contributed by atoms with van der Waals surface area (Å²) in [5.74, 6) is -3.14. The highest BCUT2D eigenvalue weighted by Crippen LogP contribution is 2.15. The van der Waals surface area contributed by atoms with Gasteiger partial charge in [-0.25, -0.2) is 4.79 Å². The molecule has 0 saturated heterocycles. The quantitative estimate of drug-likeness (QED) is 0.0854. The van der Waals surface area contributed by atoms with Gasteiger partial charge in [-0.05, 0) is 57.7 Å². The Morgan fingerprint density at radius 3 is 1.67 bits per heavy atom. The number of carboxylic acids is 2. The first kappa shape index (κ1) is 37.6. The summed E-state index contributed by atoms with van der Waals surface area (Å²) in [6.07, 6.45) is 13.9. The van der Waals surface area contributed by atoms with Crippen LogP contribution in [0.15, 0.2) is 24.3 Å². The average Bonchev–Trinajstić information content (AvgIpc) is 2.93. The molecule has 1 aromatic carbocycles. The first-order valence-corrected chi connectivity index (χ1v) is 15.7. The summed E-state index contributed by atoms with van der Waals surface area (Å²) in [6.45, 7) is 6.01. The number of hydrogen-bond donors (Lipinski definition) is 4. The van der Waals surface area contributed by atoms with Crippen molar-refractivity contribution in [3.8, 4) is 0 Å². The molecule has 0 aliphatic heterocycles. The van der Waals surface area contributed by atoms with Crippen molar-refractivity contribution in [2.75, 3.05) is 0 Å². The van der Waals surface area contributed by atoms with Gasteiger partial charge < -0.3 is 25.6 Å². The van der Waals surface area contributed by atoms with E-state index in [1.54, 1.807) is 24.3 Å². The lowest BCUT2D eigenvalue weighted by atomic mass is 10.0. The highest BCUT2D eigenvalue weighted by Gasteiger charge is 2.21. The number of carbonyl (C=O) groups excluding carboxylic acids is 3. The monoisotopic (exact) mass is 604 g/mol. The van der Waals surface area contributed by atoms with E-state index in [1.165, 1.54) is 44.9 Å². The van der Waals surface area contributed by atoms with Gasteiger partial charge in [-0.2, -0.15) is 0 Å². The lowest BCUT2D eigenvalue weighted by Gasteiger charge is -2.19. The van der Waals surface area contributed by atoms with Gasteiger partial charge in [-0.15, -0.1) is 0 Å². The molecule has 0 heterocycles. The number of amides is 2. The number of esters is 1. The average molecular weight is 605 g/mol. The molecule has 0 aromatic heterocycles. The molecule has 0 fully saturated rings. The molecule has 0 saturated carbocycles. The lowest BCUT2D eigenvalue weighted by molar-refractivity contribution is -0.155. The third-order valence-electron chi connectivity index (χ3n) is 6.91. The molecule has 1 rings (SSSR count). The van der Waals surface area contributed by atoms with Crippen LogP contribution in [0.5, 0.6) is 0 Å². The van der Waals surface area contributed by atoms with Crippen LogP contribution in [0.3, 0.4) is 0 Å². The van der Waals surface area contributed by atoms with Crippen LogP contribution in [-0.2, 0) is 30.5 Å². The molecule has 43 heavy (non-hydrogen) atoms. The van der Waals surface area contributed by atoms with Crippen LogP contribution in [0.4, 0.5) is 0 Å². The van der Waals surface area contributed by atoms with Crippen molar-refractivity contribution in [2.24, 2.45) is 0 Å². The van der Waals surface area contributed by atoms with E-state index in [9.17, 15) is 29.1 Å². The Balaban J connectivity index is 2.05. The zero-order valence-electron chi connectivity index (χ0n) is 26.3. The maximum atomic E-state index is 12.3. The second kappa shape index (κ2) is 21.3. The third-order valence-corrected chi connectivity index (χ3v) is 6.91. The summed E-state index contributed by atoms with van der Waals surface area (Å²) in [6, 6.07) is 5.18. The Bertz CT molecular complexity index is 1000. The molecular weight excluding hydrogens is 552 g/mol. The summed E-state index contributed by atoms with van der Waals surface area (Å²) in [5, 5.41) is 23.2. The normalized spacial score (nSPS) is 11.9. The van der Waals surface area contributed by atoms with Gasteiger partial charge in [0, 0.05) is 31.4 Å². The molecule has 0 bridgehead atoms. The molecule has 10 nitrogen and oxygen atoms in total. The van der Waals surface area contributed by atoms with Gasteiger partial charge in [0.1, 0.15) is 11.6 Å². The van der Waals surface area contributed by atoms with Gasteiger partial charge >= 0.3 is 17.9 Å². The molecule has 1 aromatic rings. The Morgan fingerprint density at radius 1 is 0.721 bits per heavy atom. The Labute approximate surface area is 256 Å². The van der Waals surface area contributed by atoms with E-state index < -0.39 is 29.5 Å². The number of carboxylic acid groups (broad SMARTS) is 2. The first-order valence-electron chi connectivity index (χ1n) is 15.7. The molecule has 242 valence electrons. The number of rotatable bonds is 23. The van der Waals surface area contributed by atoms with E-state index >= 15 is 0 Å². The number of carbonyl (C=O) groups is 5. The van der Waals surface area contributed by atoms with Crippen molar-refractivity contribution >= 4 is 29.7 Å². The molecule has 0 radical (unpaired) electrons. The molecule has 10 heteroatoms. The Hall–Kier alpha value is -3.43. The molecule has 0 spiro atoms. The topological polar surface area (TPSA) is 159 Å². The van der Waals surface area contributed by atoms with Crippen LogP contribution < -0.4 is 10.6 Å². The minimum absolute atomic E-state index is 0.0179. The molecule has 2 amide bonds. The van der Waals surface area contributed by atoms with Crippen LogP contribution in [-0.4, -0.2) is 51.6 Å². The van der Waals surface area contributed by atoms with Crippen LogP contribution in [0.2, 0.25) is 0 Å². The predicted molar refractivity (Wildman–Crippen MR) is 165 cm³/mol. The van der Waals surface area contributed by atoms with E-state index in [2.05, 4.69) is 10.6 Å². The third kappa shape index (κ3) is 20.2. The van der Waals surface area contributed by atoms with E-state index in [1.807, 2.05) is 20.8 Å². The van der Waals surface area contributed by atoms with Gasteiger partial charge in [0.2, 0.25) is 5.91 Å². The van der Waals surface area contributed by atoms with Crippen molar-refractivity contribution in [1.29, 1.82) is 0 Å². The number of nitrogens with one attached hydrogen (secondary N) is 2. The standard InChI is InChI=1S/C33H52N2O8/c1-33(2,3)43-30(39)17-15-13-11-9-7-5-4-6-8-10-12-14-16-28(36)34-24-25-18-20-26(21-19-25)31(40)35-27(32(41)42)22-23-29(37)38/h18-21,27H,4-17,22-24H2,1-3H3,(H,34,36)(H,35,40)(H,37,38)(H,41,42)/t27-/m0/s1. The molecule has 1 atom stereocenters. The summed E-state index contributed by atoms with van der Waals surface area (Å²) in [4.78, 5) is 58.2. The van der Waals surface area contributed by atoms with Crippen LogP contribution in [0, 0.1) is 0 Å². The molecule has 4 N–H and O–H groups in total. The molecular formula is C33H52N2O8. The Morgan fingerprint density at radius 2 is 1.21 bits per heavy atom. The molecule has 0 aliphatic carbocycles. The first-order chi connectivity index (χ1) is 20.4. The van der Waals surface area contributed by atoms with E-state index in [0.29, 0.717) is 19.4 Å². The lowest BCUT2D eigenvalue weighted by Crippen LogP contribution is -2.41. The number of aliphatic carboxylic acids is 2. The maximum Gasteiger partial charge on any atom is 0.326 e. The SMILES string of the molecule is CC(C)(C)OC(=O)CCCCCCCCCCCCCCC(=O)NCc1ccc(C(=O)N[C@@H](CCC(=O)O)C(=O)O)cc1. The molecule has 0 unspecified atom stereocenters. The van der Waals surface area contributed by atoms with Crippen molar-refractivity contribution in [3.63, 3.8) is 0 Å². The van der Waals surface area contributed by atoms with Crippen molar-refractivity contribution in [1.82, 2.24) is 10.6 Å². The second-order valence-corrected chi connectivity index (χ2v) is 12.1. The van der Waals surface area contributed by atoms with Crippen molar-refractivity contribution in [3.05, 3.63) is 35.4 Å². The van der Waals surface area contributed by atoms with E-state index in [0.717, 1.165) is 37.7 Å². The minimum Gasteiger partial charge on any atom is -0.481 e. The maximum absolute atomic E-state index is 12.3. The number of hydrogen-bond acceptors (Lipinski definition) is 6. The van der Waals surface area contributed by atoms with Gasteiger partial charge in [0.15, 0.2) is 0 Å². The summed E-state index contributed by atoms with van der Waals surface area (Å²) >= 11 is 0. The number of benzene rings is 1. The second-order valence-electron chi connectivity index (χ2n) is 12.1. The van der Waals surface area contributed by atoms with Crippen molar-refractivity contribution < 1.29 is 38.9 Å². The minimum atomic E-state index is -1.29. The largest absolute Gasteiger partial charge is 0.481 e. The van der Waals surface area contributed by atoms with Crippen LogP contribution in [0.25, 0.3) is 0 Å². The van der Waals surface area contributed by atoms with Crippen LogP contribution >= 0.6 is 0 Å².